The van der Waals surface area contributed by atoms with Gasteiger partial charge < -0.3 is 10.5 Å². The average molecular weight is 282 g/mol. The Morgan fingerprint density at radius 3 is 2.50 bits per heavy atom. The molecule has 0 heterocycles. The monoisotopic (exact) mass is 281 g/mol. The number of allylic oxidation sites excluding steroid dienone is 1. The molecule has 0 spiro atoms. The molecule has 0 amide bonds. The van der Waals surface area contributed by atoms with Crippen LogP contribution in [0.5, 0.6) is 5.75 Å². The zero-order chi connectivity index (χ0) is 12.9. The van der Waals surface area contributed by atoms with Crippen LogP contribution in [-0.2, 0) is 0 Å². The molecular weight excluding hydrogens is 267 g/mol. The first kappa shape index (κ1) is 16.8. The molecule has 0 aliphatic rings. The van der Waals surface area contributed by atoms with Crippen LogP contribution in [0.15, 0.2) is 36.9 Å². The Balaban J connectivity index is 0.00000289. The summed E-state index contributed by atoms with van der Waals surface area (Å²) in [6.45, 7) is 3.54. The predicted molar refractivity (Wildman–Crippen MR) is 66.7 cm³/mol. The van der Waals surface area contributed by atoms with Gasteiger partial charge in [0.2, 0.25) is 0 Å². The molecule has 0 saturated carbocycles. The number of alkyl halides is 3. The summed E-state index contributed by atoms with van der Waals surface area (Å²) in [6.07, 6.45) is -1.86. The Morgan fingerprint density at radius 2 is 1.94 bits per heavy atom. The summed E-state index contributed by atoms with van der Waals surface area (Å²) in [4.78, 5) is 0. The fourth-order valence-electron chi connectivity index (χ4n) is 1.46. The lowest BCUT2D eigenvalue weighted by Crippen LogP contribution is -2.20. The van der Waals surface area contributed by atoms with Gasteiger partial charge in [-0.1, -0.05) is 24.3 Å². The molecule has 0 aliphatic carbocycles. The highest BCUT2D eigenvalue weighted by Gasteiger charge is 2.32. The summed E-state index contributed by atoms with van der Waals surface area (Å²) in [7, 11) is 0. The maximum Gasteiger partial charge on any atom is 0.573 e. The molecule has 0 aliphatic heterocycles. The number of para-hydroxylation sites is 1. The second kappa shape index (κ2) is 7.28. The maximum absolute atomic E-state index is 12.2. The third-order valence-corrected chi connectivity index (χ3v) is 2.23. The van der Waals surface area contributed by atoms with E-state index in [-0.39, 0.29) is 18.2 Å². The van der Waals surface area contributed by atoms with Gasteiger partial charge in [0.1, 0.15) is 5.75 Å². The highest BCUT2D eigenvalue weighted by molar-refractivity contribution is 5.85. The standard InChI is InChI=1S/C12H14F3NO.ClH/c1-2-3-7-10(16)9-6-4-5-8-11(9)17-12(13,14)15;/h2,4-6,8,10H,1,3,7,16H2;1H/t10-;/m1./s1. The second-order valence-electron chi connectivity index (χ2n) is 3.56. The highest BCUT2D eigenvalue weighted by atomic mass is 35.5. The van der Waals surface area contributed by atoms with Crippen molar-refractivity contribution >= 4 is 12.4 Å². The van der Waals surface area contributed by atoms with Crippen LogP contribution >= 0.6 is 12.4 Å². The molecule has 2 nitrogen and oxygen atoms in total. The van der Waals surface area contributed by atoms with E-state index in [1.54, 1.807) is 12.1 Å². The van der Waals surface area contributed by atoms with Crippen molar-refractivity contribution in [3.8, 4) is 5.75 Å². The highest BCUT2D eigenvalue weighted by Crippen LogP contribution is 2.30. The fraction of sp³-hybridized carbons (Fsp3) is 0.333. The first-order valence-electron chi connectivity index (χ1n) is 5.15. The van der Waals surface area contributed by atoms with Crippen LogP contribution in [0.2, 0.25) is 0 Å². The lowest BCUT2D eigenvalue weighted by atomic mass is 10.0. The van der Waals surface area contributed by atoms with Crippen molar-refractivity contribution < 1.29 is 17.9 Å². The first-order chi connectivity index (χ1) is 7.94. The van der Waals surface area contributed by atoms with Gasteiger partial charge in [-0.3, -0.25) is 0 Å². The molecule has 1 rings (SSSR count). The quantitative estimate of drug-likeness (QED) is 0.829. The number of benzene rings is 1. The Labute approximate surface area is 110 Å². The summed E-state index contributed by atoms with van der Waals surface area (Å²) in [5.74, 6) is -0.239. The summed E-state index contributed by atoms with van der Waals surface area (Å²) in [5.41, 5.74) is 6.16. The van der Waals surface area contributed by atoms with Crippen LogP contribution in [0.1, 0.15) is 24.4 Å². The molecule has 2 N–H and O–H groups in total. The molecule has 0 fully saturated rings. The molecule has 1 aromatic carbocycles. The van der Waals surface area contributed by atoms with Crippen molar-refractivity contribution in [3.05, 3.63) is 42.5 Å². The summed E-state index contributed by atoms with van der Waals surface area (Å²) in [5, 5.41) is 0. The number of halogens is 4. The zero-order valence-electron chi connectivity index (χ0n) is 9.61. The molecule has 0 aromatic heterocycles. The van der Waals surface area contributed by atoms with Crippen LogP contribution < -0.4 is 10.5 Å². The minimum Gasteiger partial charge on any atom is -0.405 e. The average Bonchev–Trinajstić information content (AvgIpc) is 2.24. The van der Waals surface area contributed by atoms with E-state index in [1.165, 1.54) is 18.2 Å². The van der Waals surface area contributed by atoms with Crippen molar-refractivity contribution in [2.24, 2.45) is 5.73 Å². The van der Waals surface area contributed by atoms with Gasteiger partial charge in [0.05, 0.1) is 0 Å². The maximum atomic E-state index is 12.2. The van der Waals surface area contributed by atoms with Crippen LogP contribution in [0.3, 0.4) is 0 Å². The van der Waals surface area contributed by atoms with Gasteiger partial charge in [-0.2, -0.15) is 0 Å². The number of rotatable bonds is 5. The van der Waals surface area contributed by atoms with E-state index in [1.807, 2.05) is 0 Å². The Hall–Kier alpha value is -1.20. The molecule has 6 heteroatoms. The van der Waals surface area contributed by atoms with E-state index in [0.29, 0.717) is 18.4 Å². The molecular formula is C12H15ClF3NO. The molecule has 0 bridgehead atoms. The molecule has 1 atom stereocenters. The Kier molecular flexibility index (Phi) is 6.80. The lowest BCUT2D eigenvalue weighted by Gasteiger charge is -2.17. The topological polar surface area (TPSA) is 35.2 Å². The minimum absolute atomic E-state index is 0. The smallest absolute Gasteiger partial charge is 0.405 e. The van der Waals surface area contributed by atoms with Gasteiger partial charge in [-0.25, -0.2) is 0 Å². The Morgan fingerprint density at radius 1 is 1.33 bits per heavy atom. The minimum atomic E-state index is -4.70. The van der Waals surface area contributed by atoms with E-state index in [2.05, 4.69) is 11.3 Å². The molecule has 18 heavy (non-hydrogen) atoms. The first-order valence-corrected chi connectivity index (χ1v) is 5.15. The molecule has 1 aromatic rings. The van der Waals surface area contributed by atoms with Crippen LogP contribution in [0.25, 0.3) is 0 Å². The normalized spacial score (nSPS) is 12.4. The lowest BCUT2D eigenvalue weighted by molar-refractivity contribution is -0.275. The zero-order valence-corrected chi connectivity index (χ0v) is 10.4. The van der Waals surface area contributed by atoms with Crippen LogP contribution in [0, 0.1) is 0 Å². The van der Waals surface area contributed by atoms with Gasteiger partial charge in [0.25, 0.3) is 0 Å². The van der Waals surface area contributed by atoms with Crippen molar-refractivity contribution in [1.29, 1.82) is 0 Å². The van der Waals surface area contributed by atoms with Gasteiger partial charge in [0, 0.05) is 11.6 Å². The van der Waals surface area contributed by atoms with Crippen LogP contribution in [-0.4, -0.2) is 6.36 Å². The summed E-state index contributed by atoms with van der Waals surface area (Å²) in [6, 6.07) is 5.41. The van der Waals surface area contributed by atoms with Crippen molar-refractivity contribution in [2.45, 2.75) is 25.2 Å². The van der Waals surface area contributed by atoms with E-state index in [0.717, 1.165) is 0 Å². The fourth-order valence-corrected chi connectivity index (χ4v) is 1.46. The molecule has 102 valence electrons. The largest absolute Gasteiger partial charge is 0.573 e. The van der Waals surface area contributed by atoms with E-state index in [9.17, 15) is 13.2 Å². The number of ether oxygens (including phenoxy) is 1. The number of nitrogens with two attached hydrogens (primary N) is 1. The second-order valence-corrected chi connectivity index (χ2v) is 3.56. The molecule has 0 radical (unpaired) electrons. The number of hydrogen-bond acceptors (Lipinski definition) is 2. The van der Waals surface area contributed by atoms with Crippen molar-refractivity contribution in [2.75, 3.05) is 0 Å². The number of hydrogen-bond donors (Lipinski definition) is 1. The van der Waals surface area contributed by atoms with Gasteiger partial charge in [-0.05, 0) is 18.9 Å². The Bertz CT molecular complexity index is 382. The van der Waals surface area contributed by atoms with E-state index >= 15 is 0 Å². The van der Waals surface area contributed by atoms with Gasteiger partial charge >= 0.3 is 6.36 Å². The third kappa shape index (κ3) is 5.42. The van der Waals surface area contributed by atoms with E-state index in [4.69, 9.17) is 5.73 Å². The van der Waals surface area contributed by atoms with Crippen LogP contribution in [0.4, 0.5) is 13.2 Å². The van der Waals surface area contributed by atoms with Crippen molar-refractivity contribution in [3.63, 3.8) is 0 Å². The van der Waals surface area contributed by atoms with Gasteiger partial charge in [0.15, 0.2) is 0 Å². The summed E-state index contributed by atoms with van der Waals surface area (Å²) < 4.78 is 40.4. The SMILES string of the molecule is C=CCC[C@@H](N)c1ccccc1OC(F)(F)F.Cl. The predicted octanol–water partition coefficient (Wildman–Crippen LogP) is 3.97. The summed E-state index contributed by atoms with van der Waals surface area (Å²) >= 11 is 0. The van der Waals surface area contributed by atoms with E-state index < -0.39 is 12.4 Å². The van der Waals surface area contributed by atoms with Crippen molar-refractivity contribution in [1.82, 2.24) is 0 Å². The molecule has 0 unspecified atom stereocenters. The molecule has 0 saturated heterocycles. The van der Waals surface area contributed by atoms with Gasteiger partial charge in [-0.15, -0.1) is 32.2 Å². The third-order valence-electron chi connectivity index (χ3n) is 2.23.